The summed E-state index contributed by atoms with van der Waals surface area (Å²) in [5, 5.41) is 3.16. The SMILES string of the molecule is CNCC(C)CN1C(=O)C(C)(C)c2ccccc21. The highest BCUT2D eigenvalue weighted by Crippen LogP contribution is 2.41. The number of benzene rings is 1. The Bertz CT molecular complexity index is 454. The number of amides is 1. The highest BCUT2D eigenvalue weighted by atomic mass is 16.2. The Morgan fingerprint density at radius 2 is 2.00 bits per heavy atom. The number of carbonyl (C=O) groups excluding carboxylic acids is 1. The monoisotopic (exact) mass is 246 g/mol. The lowest BCUT2D eigenvalue weighted by Gasteiger charge is -2.23. The first-order valence-corrected chi connectivity index (χ1v) is 6.54. The number of hydrogen-bond acceptors (Lipinski definition) is 2. The predicted octanol–water partition coefficient (Wildman–Crippen LogP) is 2.17. The molecule has 0 aliphatic carbocycles. The van der Waals surface area contributed by atoms with Crippen LogP contribution in [-0.2, 0) is 10.2 Å². The van der Waals surface area contributed by atoms with Crippen molar-refractivity contribution in [3.05, 3.63) is 29.8 Å². The average Bonchev–Trinajstić information content (AvgIpc) is 2.52. The van der Waals surface area contributed by atoms with E-state index in [2.05, 4.69) is 18.3 Å². The molecule has 1 amide bonds. The van der Waals surface area contributed by atoms with Crippen molar-refractivity contribution < 1.29 is 4.79 Å². The van der Waals surface area contributed by atoms with Crippen LogP contribution in [0.2, 0.25) is 0 Å². The summed E-state index contributed by atoms with van der Waals surface area (Å²) in [4.78, 5) is 14.5. The van der Waals surface area contributed by atoms with Gasteiger partial charge in [-0.05, 0) is 45.0 Å². The fourth-order valence-corrected chi connectivity index (χ4v) is 2.71. The van der Waals surface area contributed by atoms with Crippen LogP contribution >= 0.6 is 0 Å². The van der Waals surface area contributed by atoms with Gasteiger partial charge in [0.05, 0.1) is 5.41 Å². The van der Waals surface area contributed by atoms with Gasteiger partial charge in [0.1, 0.15) is 0 Å². The molecule has 1 heterocycles. The van der Waals surface area contributed by atoms with Crippen LogP contribution in [0.5, 0.6) is 0 Å². The molecule has 1 aromatic carbocycles. The van der Waals surface area contributed by atoms with Crippen molar-refractivity contribution in [2.45, 2.75) is 26.2 Å². The van der Waals surface area contributed by atoms with Crippen LogP contribution in [-0.4, -0.2) is 26.0 Å². The number of rotatable bonds is 4. The molecular weight excluding hydrogens is 224 g/mol. The molecule has 0 radical (unpaired) electrons. The van der Waals surface area contributed by atoms with Gasteiger partial charge in [-0.25, -0.2) is 0 Å². The fraction of sp³-hybridized carbons (Fsp3) is 0.533. The lowest BCUT2D eigenvalue weighted by atomic mass is 9.86. The van der Waals surface area contributed by atoms with E-state index in [-0.39, 0.29) is 5.91 Å². The van der Waals surface area contributed by atoms with Crippen LogP contribution in [0.25, 0.3) is 0 Å². The summed E-state index contributed by atoms with van der Waals surface area (Å²) in [6.07, 6.45) is 0. The molecule has 1 atom stereocenters. The van der Waals surface area contributed by atoms with Crippen molar-refractivity contribution in [2.24, 2.45) is 5.92 Å². The molecule has 98 valence electrons. The van der Waals surface area contributed by atoms with Crippen LogP contribution in [0, 0.1) is 5.92 Å². The number of nitrogens with zero attached hydrogens (tertiary/aromatic N) is 1. The van der Waals surface area contributed by atoms with E-state index >= 15 is 0 Å². The summed E-state index contributed by atoms with van der Waals surface area (Å²) < 4.78 is 0. The first-order chi connectivity index (χ1) is 8.48. The number of anilines is 1. The van der Waals surface area contributed by atoms with Crippen molar-refractivity contribution in [1.82, 2.24) is 5.32 Å². The fourth-order valence-electron chi connectivity index (χ4n) is 2.71. The normalized spacial score (nSPS) is 18.9. The first kappa shape index (κ1) is 13.1. The molecule has 1 aromatic rings. The summed E-state index contributed by atoms with van der Waals surface area (Å²) >= 11 is 0. The van der Waals surface area contributed by atoms with Crippen molar-refractivity contribution >= 4 is 11.6 Å². The molecule has 3 nitrogen and oxygen atoms in total. The van der Waals surface area contributed by atoms with E-state index < -0.39 is 5.41 Å². The standard InChI is InChI=1S/C15H22N2O/c1-11(9-16-4)10-17-13-8-6-5-7-12(13)15(2,3)14(17)18/h5-8,11,16H,9-10H2,1-4H3. The molecule has 0 fully saturated rings. The average molecular weight is 246 g/mol. The smallest absolute Gasteiger partial charge is 0.237 e. The molecule has 1 aliphatic heterocycles. The van der Waals surface area contributed by atoms with Gasteiger partial charge >= 0.3 is 0 Å². The van der Waals surface area contributed by atoms with Crippen LogP contribution < -0.4 is 10.2 Å². The second kappa shape index (κ2) is 4.73. The summed E-state index contributed by atoms with van der Waals surface area (Å²) in [5.74, 6) is 0.660. The third kappa shape index (κ3) is 2.03. The largest absolute Gasteiger partial charge is 0.319 e. The number of carbonyl (C=O) groups is 1. The van der Waals surface area contributed by atoms with E-state index in [1.807, 2.05) is 44.0 Å². The minimum Gasteiger partial charge on any atom is -0.319 e. The van der Waals surface area contributed by atoms with E-state index in [0.29, 0.717) is 5.92 Å². The maximum absolute atomic E-state index is 12.5. The van der Waals surface area contributed by atoms with Crippen molar-refractivity contribution in [1.29, 1.82) is 0 Å². The number of hydrogen-bond donors (Lipinski definition) is 1. The molecule has 0 saturated carbocycles. The highest BCUT2D eigenvalue weighted by molar-refractivity contribution is 6.07. The quantitative estimate of drug-likeness (QED) is 0.883. The van der Waals surface area contributed by atoms with Gasteiger partial charge in [0.2, 0.25) is 5.91 Å². The van der Waals surface area contributed by atoms with E-state index in [1.54, 1.807) is 0 Å². The third-order valence-corrected chi connectivity index (χ3v) is 3.69. The van der Waals surface area contributed by atoms with Gasteiger partial charge in [-0.3, -0.25) is 4.79 Å². The Morgan fingerprint density at radius 1 is 1.33 bits per heavy atom. The Labute approximate surface area is 109 Å². The van der Waals surface area contributed by atoms with Gasteiger partial charge < -0.3 is 10.2 Å². The summed E-state index contributed by atoms with van der Waals surface area (Å²) in [5.41, 5.74) is 1.83. The van der Waals surface area contributed by atoms with Crippen molar-refractivity contribution in [3.8, 4) is 0 Å². The zero-order valence-corrected chi connectivity index (χ0v) is 11.7. The minimum absolute atomic E-state index is 0.214. The van der Waals surface area contributed by atoms with E-state index in [9.17, 15) is 4.79 Å². The van der Waals surface area contributed by atoms with Gasteiger partial charge in [-0.15, -0.1) is 0 Å². The molecule has 0 saturated heterocycles. The maximum atomic E-state index is 12.5. The second-order valence-corrected chi connectivity index (χ2v) is 5.72. The first-order valence-electron chi connectivity index (χ1n) is 6.54. The van der Waals surface area contributed by atoms with Crippen LogP contribution in [0.15, 0.2) is 24.3 Å². The van der Waals surface area contributed by atoms with Gasteiger partial charge in [0, 0.05) is 12.2 Å². The van der Waals surface area contributed by atoms with Gasteiger partial charge in [0.25, 0.3) is 0 Å². The number of nitrogens with one attached hydrogen (secondary N) is 1. The van der Waals surface area contributed by atoms with Crippen LogP contribution in [0.4, 0.5) is 5.69 Å². The molecule has 1 N–H and O–H groups in total. The van der Waals surface area contributed by atoms with Crippen molar-refractivity contribution in [2.75, 3.05) is 25.0 Å². The maximum Gasteiger partial charge on any atom is 0.237 e. The van der Waals surface area contributed by atoms with Gasteiger partial charge in [0.15, 0.2) is 0 Å². The van der Waals surface area contributed by atoms with E-state index in [4.69, 9.17) is 0 Å². The molecule has 18 heavy (non-hydrogen) atoms. The Balaban J connectivity index is 2.30. The van der Waals surface area contributed by atoms with Crippen LogP contribution in [0.3, 0.4) is 0 Å². The lowest BCUT2D eigenvalue weighted by molar-refractivity contribution is -0.122. The Kier molecular flexibility index (Phi) is 3.44. The molecular formula is C15H22N2O. The zero-order valence-electron chi connectivity index (χ0n) is 11.7. The third-order valence-electron chi connectivity index (χ3n) is 3.69. The molecule has 3 heteroatoms. The Morgan fingerprint density at radius 3 is 2.67 bits per heavy atom. The molecule has 0 bridgehead atoms. The molecule has 1 unspecified atom stereocenters. The number of fused-ring (bicyclic) bond motifs is 1. The second-order valence-electron chi connectivity index (χ2n) is 5.72. The predicted molar refractivity (Wildman–Crippen MR) is 74.9 cm³/mol. The molecule has 0 spiro atoms. The van der Waals surface area contributed by atoms with E-state index in [0.717, 1.165) is 24.3 Å². The highest BCUT2D eigenvalue weighted by Gasteiger charge is 2.43. The Hall–Kier alpha value is -1.35. The van der Waals surface area contributed by atoms with Crippen LogP contribution in [0.1, 0.15) is 26.3 Å². The van der Waals surface area contributed by atoms with Crippen molar-refractivity contribution in [3.63, 3.8) is 0 Å². The zero-order chi connectivity index (χ0) is 13.3. The molecule has 2 rings (SSSR count). The van der Waals surface area contributed by atoms with E-state index in [1.165, 1.54) is 0 Å². The number of para-hydroxylation sites is 1. The minimum atomic E-state index is -0.393. The summed E-state index contributed by atoms with van der Waals surface area (Å²) in [6, 6.07) is 8.13. The summed E-state index contributed by atoms with van der Waals surface area (Å²) in [6.45, 7) is 7.89. The summed E-state index contributed by atoms with van der Waals surface area (Å²) in [7, 11) is 1.94. The molecule has 1 aliphatic rings. The topological polar surface area (TPSA) is 32.3 Å². The lowest BCUT2D eigenvalue weighted by Crippen LogP contribution is -2.40. The van der Waals surface area contributed by atoms with Gasteiger partial charge in [-0.1, -0.05) is 25.1 Å². The van der Waals surface area contributed by atoms with Gasteiger partial charge in [-0.2, -0.15) is 0 Å². The molecule has 0 aromatic heterocycles.